The standard InChI is InChI=1S/C28H34N2O6/c1-18-10-11-19(2)20(17-18)29-14-8-12-28-23(22-21(36-28)9-4-7-16-35-27(22)34)25(32)30(24(28)26(29)33)13-5-3-6-15-31/h4,8-12,17,21-24,31H,3,5-7,13-16H2,1-2H3/t21-,22+,23+,24?,28+/m1/s1. The number of likely N-dealkylation sites (tertiary alicyclic amines) is 1. The molecular weight excluding hydrogens is 460 g/mol. The summed E-state index contributed by atoms with van der Waals surface area (Å²) in [6, 6.07) is 5.10. The van der Waals surface area contributed by atoms with Crippen LogP contribution in [0.4, 0.5) is 5.69 Å². The Bertz CT molecular complexity index is 1110. The molecule has 4 aliphatic rings. The zero-order valence-corrected chi connectivity index (χ0v) is 20.9. The van der Waals surface area contributed by atoms with Crippen LogP contribution in [0.2, 0.25) is 0 Å². The summed E-state index contributed by atoms with van der Waals surface area (Å²) in [6.07, 6.45) is 9.46. The van der Waals surface area contributed by atoms with Crippen molar-refractivity contribution in [3.8, 4) is 0 Å². The predicted octanol–water partition coefficient (Wildman–Crippen LogP) is 2.45. The maximum atomic E-state index is 14.3. The number of aliphatic hydroxyl groups excluding tert-OH is 1. The van der Waals surface area contributed by atoms with Crippen LogP contribution in [0.15, 0.2) is 42.5 Å². The van der Waals surface area contributed by atoms with Crippen LogP contribution in [-0.4, -0.2) is 71.8 Å². The number of aliphatic hydroxyl groups is 1. The summed E-state index contributed by atoms with van der Waals surface area (Å²) >= 11 is 0. The van der Waals surface area contributed by atoms with Crippen molar-refractivity contribution in [1.29, 1.82) is 0 Å². The SMILES string of the molecule is Cc1ccc(C)c(N2CC=C[C@]34O[C@@H]5C=CCCOC(=O)[C@@H]5[C@H]3C(=O)N(CCCCCO)C4C2=O)c1. The van der Waals surface area contributed by atoms with Gasteiger partial charge in [0.25, 0.3) is 5.91 Å². The van der Waals surface area contributed by atoms with E-state index < -0.39 is 35.6 Å². The molecule has 2 amide bonds. The van der Waals surface area contributed by atoms with Gasteiger partial charge in [0.15, 0.2) is 0 Å². The zero-order chi connectivity index (χ0) is 25.4. The van der Waals surface area contributed by atoms with E-state index in [1.165, 1.54) is 0 Å². The van der Waals surface area contributed by atoms with Gasteiger partial charge in [0.2, 0.25) is 5.91 Å². The predicted molar refractivity (Wildman–Crippen MR) is 133 cm³/mol. The maximum Gasteiger partial charge on any atom is 0.312 e. The Morgan fingerprint density at radius 3 is 2.72 bits per heavy atom. The van der Waals surface area contributed by atoms with Gasteiger partial charge in [0.1, 0.15) is 17.6 Å². The van der Waals surface area contributed by atoms with Gasteiger partial charge in [0, 0.05) is 25.4 Å². The summed E-state index contributed by atoms with van der Waals surface area (Å²) in [5.74, 6) is -2.54. The number of cyclic esters (lactones) is 1. The lowest BCUT2D eigenvalue weighted by atomic mass is 9.77. The molecule has 1 spiro atoms. The molecule has 1 aromatic rings. The molecule has 0 bridgehead atoms. The van der Waals surface area contributed by atoms with Crippen molar-refractivity contribution < 1.29 is 29.0 Å². The minimum atomic E-state index is -1.25. The maximum absolute atomic E-state index is 14.3. The lowest BCUT2D eigenvalue weighted by Crippen LogP contribution is -2.55. The van der Waals surface area contributed by atoms with Gasteiger partial charge in [-0.05, 0) is 56.7 Å². The van der Waals surface area contributed by atoms with Gasteiger partial charge in [-0.25, -0.2) is 0 Å². The van der Waals surface area contributed by atoms with E-state index in [-0.39, 0.29) is 25.0 Å². The highest BCUT2D eigenvalue weighted by Crippen LogP contribution is 2.53. The van der Waals surface area contributed by atoms with E-state index in [4.69, 9.17) is 9.47 Å². The summed E-state index contributed by atoms with van der Waals surface area (Å²) in [5, 5.41) is 9.20. The molecule has 4 heterocycles. The van der Waals surface area contributed by atoms with Crippen molar-refractivity contribution in [3.63, 3.8) is 0 Å². The molecule has 192 valence electrons. The number of benzene rings is 1. The third kappa shape index (κ3) is 3.96. The van der Waals surface area contributed by atoms with Crippen molar-refractivity contribution >= 4 is 23.5 Å². The molecular formula is C28H34N2O6. The second-order valence-corrected chi connectivity index (χ2v) is 10.2. The highest BCUT2D eigenvalue weighted by atomic mass is 16.6. The fourth-order valence-corrected chi connectivity index (χ4v) is 6.14. The number of carbonyl (C=O) groups excluding carboxylic acids is 3. The van der Waals surface area contributed by atoms with E-state index in [9.17, 15) is 19.5 Å². The summed E-state index contributed by atoms with van der Waals surface area (Å²) in [7, 11) is 0. The molecule has 5 rings (SSSR count). The fourth-order valence-electron chi connectivity index (χ4n) is 6.14. The van der Waals surface area contributed by atoms with Gasteiger partial charge in [-0.15, -0.1) is 0 Å². The molecule has 1 aromatic carbocycles. The third-order valence-corrected chi connectivity index (χ3v) is 7.83. The van der Waals surface area contributed by atoms with Crippen LogP contribution < -0.4 is 4.90 Å². The summed E-state index contributed by atoms with van der Waals surface area (Å²) in [5.41, 5.74) is 1.56. The van der Waals surface area contributed by atoms with Gasteiger partial charge < -0.3 is 24.4 Å². The smallest absolute Gasteiger partial charge is 0.312 e. The second-order valence-electron chi connectivity index (χ2n) is 10.2. The molecule has 8 heteroatoms. The molecule has 4 aliphatic heterocycles. The first kappa shape index (κ1) is 24.7. The van der Waals surface area contributed by atoms with Crippen molar-refractivity contribution in [2.45, 2.75) is 57.3 Å². The first-order chi connectivity index (χ1) is 17.4. The minimum absolute atomic E-state index is 0.0804. The number of anilines is 1. The Balaban J connectivity index is 1.58. The van der Waals surface area contributed by atoms with Crippen LogP contribution in [-0.2, 0) is 23.9 Å². The summed E-state index contributed by atoms with van der Waals surface area (Å²) in [6.45, 7) is 5.00. The highest BCUT2D eigenvalue weighted by Gasteiger charge is 2.71. The molecule has 1 unspecified atom stereocenters. The van der Waals surface area contributed by atoms with E-state index in [2.05, 4.69) is 0 Å². The van der Waals surface area contributed by atoms with Gasteiger partial charge >= 0.3 is 5.97 Å². The van der Waals surface area contributed by atoms with Gasteiger partial charge in [-0.2, -0.15) is 0 Å². The number of fused-ring (bicyclic) bond motifs is 2. The molecule has 0 aliphatic carbocycles. The lowest BCUT2D eigenvalue weighted by molar-refractivity contribution is -0.154. The fraction of sp³-hybridized carbons (Fsp3) is 0.536. The Morgan fingerprint density at radius 2 is 1.92 bits per heavy atom. The zero-order valence-electron chi connectivity index (χ0n) is 20.9. The molecule has 1 N–H and O–H groups in total. The van der Waals surface area contributed by atoms with Gasteiger partial charge in [0.05, 0.1) is 18.6 Å². The first-order valence-electron chi connectivity index (χ1n) is 12.9. The van der Waals surface area contributed by atoms with Crippen LogP contribution >= 0.6 is 0 Å². The molecule has 2 saturated heterocycles. The Morgan fingerprint density at radius 1 is 1.08 bits per heavy atom. The Kier molecular flexibility index (Phi) is 6.74. The normalized spacial score (nSPS) is 31.5. The van der Waals surface area contributed by atoms with E-state index in [1.807, 2.05) is 56.4 Å². The van der Waals surface area contributed by atoms with Crippen LogP contribution in [0.25, 0.3) is 0 Å². The second kappa shape index (κ2) is 9.82. The monoisotopic (exact) mass is 494 g/mol. The minimum Gasteiger partial charge on any atom is -0.465 e. The van der Waals surface area contributed by atoms with Crippen LogP contribution in [0, 0.1) is 25.7 Å². The number of nitrogens with zero attached hydrogens (tertiary/aromatic N) is 2. The van der Waals surface area contributed by atoms with Crippen LogP contribution in [0.1, 0.15) is 36.8 Å². The molecule has 0 radical (unpaired) electrons. The highest BCUT2D eigenvalue weighted by molar-refractivity contribution is 6.05. The largest absolute Gasteiger partial charge is 0.465 e. The third-order valence-electron chi connectivity index (χ3n) is 7.83. The van der Waals surface area contributed by atoms with E-state index in [0.29, 0.717) is 32.4 Å². The van der Waals surface area contributed by atoms with Gasteiger partial charge in [-0.3, -0.25) is 14.4 Å². The van der Waals surface area contributed by atoms with E-state index >= 15 is 0 Å². The first-order valence-corrected chi connectivity index (χ1v) is 12.9. The van der Waals surface area contributed by atoms with Crippen molar-refractivity contribution in [1.82, 2.24) is 4.90 Å². The number of hydrogen-bond acceptors (Lipinski definition) is 6. The number of unbranched alkanes of at least 4 members (excludes halogenated alkanes) is 2. The quantitative estimate of drug-likeness (QED) is 0.371. The average molecular weight is 495 g/mol. The molecule has 0 aromatic heterocycles. The molecule has 36 heavy (non-hydrogen) atoms. The number of rotatable bonds is 6. The van der Waals surface area contributed by atoms with Crippen molar-refractivity contribution in [2.24, 2.45) is 11.8 Å². The number of esters is 1. The summed E-state index contributed by atoms with van der Waals surface area (Å²) in [4.78, 5) is 44.8. The molecule has 2 fully saturated rings. The van der Waals surface area contributed by atoms with Crippen molar-refractivity contribution in [2.75, 3.05) is 31.2 Å². The lowest BCUT2D eigenvalue weighted by Gasteiger charge is -2.35. The summed E-state index contributed by atoms with van der Waals surface area (Å²) < 4.78 is 12.0. The average Bonchev–Trinajstić information content (AvgIpc) is 3.22. The number of hydrogen-bond donors (Lipinski definition) is 1. The molecule has 5 atom stereocenters. The molecule has 8 nitrogen and oxygen atoms in total. The van der Waals surface area contributed by atoms with Crippen LogP contribution in [0.5, 0.6) is 0 Å². The van der Waals surface area contributed by atoms with E-state index in [0.717, 1.165) is 23.2 Å². The van der Waals surface area contributed by atoms with E-state index in [1.54, 1.807) is 9.80 Å². The number of aryl methyl sites for hydroxylation is 2. The number of amides is 2. The Labute approximate surface area is 211 Å². The van der Waals surface area contributed by atoms with Crippen molar-refractivity contribution in [3.05, 3.63) is 53.6 Å². The van der Waals surface area contributed by atoms with Gasteiger partial charge in [-0.1, -0.05) is 36.4 Å². The Hall–Kier alpha value is -2.97. The topological polar surface area (TPSA) is 96.4 Å². The van der Waals surface area contributed by atoms with Crippen LogP contribution in [0.3, 0.4) is 0 Å². The number of carbonyl (C=O) groups is 3. The number of ether oxygens (including phenoxy) is 2. The molecule has 0 saturated carbocycles.